The number of carbonyl (C=O) groups is 1. The molecule has 176 valence electrons. The Kier molecular flexibility index (Phi) is 6.05. The highest BCUT2D eigenvalue weighted by molar-refractivity contribution is 9.10. The molecule has 1 saturated heterocycles. The zero-order chi connectivity index (χ0) is 24.0. The van der Waals surface area contributed by atoms with Crippen LogP contribution < -0.4 is 0 Å². The Labute approximate surface area is 201 Å². The fourth-order valence-electron chi connectivity index (χ4n) is 3.95. The minimum Gasteiger partial charge on any atom is -0.444 e. The summed E-state index contributed by atoms with van der Waals surface area (Å²) in [7, 11) is -4.04. The number of likely N-dealkylation sites (tertiary alicyclic amines) is 1. The van der Waals surface area contributed by atoms with Crippen molar-refractivity contribution in [1.29, 1.82) is 0 Å². The van der Waals surface area contributed by atoms with E-state index in [2.05, 4.69) is 20.9 Å². The predicted molar refractivity (Wildman–Crippen MR) is 127 cm³/mol. The van der Waals surface area contributed by atoms with Crippen LogP contribution in [0.4, 0.5) is 4.79 Å². The number of hydrogen-bond donors (Lipinski definition) is 1. The number of piperidine rings is 1. The zero-order valence-electron chi connectivity index (χ0n) is 18.7. The standard InChI is InChI=1S/C23H26BrN3O5S/c1-22(2,3)32-21(28)26-13-10-23(29,11-14-26)19-15-17-18(24)9-12-25-20(17)27(19)33(30,31)16-7-5-4-6-8-16/h4-9,12,15,29H,10-11,13-14H2,1-3H3. The van der Waals surface area contributed by atoms with Gasteiger partial charge in [-0.1, -0.05) is 18.2 Å². The molecular formula is C23H26BrN3O5S. The van der Waals surface area contributed by atoms with Gasteiger partial charge in [-0.05, 0) is 73.8 Å². The van der Waals surface area contributed by atoms with E-state index in [0.29, 0.717) is 9.86 Å². The van der Waals surface area contributed by atoms with Gasteiger partial charge in [0.2, 0.25) is 0 Å². The molecule has 1 aliphatic rings. The maximum atomic E-state index is 13.7. The van der Waals surface area contributed by atoms with E-state index in [1.54, 1.807) is 51.1 Å². The van der Waals surface area contributed by atoms with Crippen LogP contribution in [0.5, 0.6) is 0 Å². The van der Waals surface area contributed by atoms with Gasteiger partial charge < -0.3 is 14.7 Å². The van der Waals surface area contributed by atoms with Crippen molar-refractivity contribution >= 4 is 43.1 Å². The Hall–Kier alpha value is -2.43. The van der Waals surface area contributed by atoms with E-state index < -0.39 is 27.3 Å². The third kappa shape index (κ3) is 4.51. The van der Waals surface area contributed by atoms with E-state index >= 15 is 0 Å². The Bertz CT molecular complexity index is 1290. The van der Waals surface area contributed by atoms with Crippen molar-refractivity contribution < 1.29 is 23.1 Å². The van der Waals surface area contributed by atoms with Gasteiger partial charge in [0.25, 0.3) is 10.0 Å². The summed E-state index contributed by atoms with van der Waals surface area (Å²) >= 11 is 3.47. The van der Waals surface area contributed by atoms with Crippen molar-refractivity contribution in [2.75, 3.05) is 13.1 Å². The van der Waals surface area contributed by atoms with Crippen LogP contribution in [0.3, 0.4) is 0 Å². The first-order valence-electron chi connectivity index (χ1n) is 10.6. The van der Waals surface area contributed by atoms with Crippen LogP contribution >= 0.6 is 15.9 Å². The van der Waals surface area contributed by atoms with E-state index in [0.717, 1.165) is 3.97 Å². The molecule has 0 aliphatic carbocycles. The lowest BCUT2D eigenvalue weighted by Gasteiger charge is -2.38. The molecule has 0 radical (unpaired) electrons. The molecule has 10 heteroatoms. The van der Waals surface area contributed by atoms with E-state index in [9.17, 15) is 18.3 Å². The average Bonchev–Trinajstić information content (AvgIpc) is 3.16. The molecule has 4 rings (SSSR count). The molecule has 33 heavy (non-hydrogen) atoms. The molecule has 3 heterocycles. The number of benzene rings is 1. The number of aliphatic hydroxyl groups is 1. The molecule has 1 amide bonds. The van der Waals surface area contributed by atoms with Gasteiger partial charge in [0.15, 0.2) is 5.65 Å². The van der Waals surface area contributed by atoms with E-state index in [-0.39, 0.29) is 42.2 Å². The first-order chi connectivity index (χ1) is 15.4. The fourth-order valence-corrected chi connectivity index (χ4v) is 5.93. The Morgan fingerprint density at radius 3 is 2.39 bits per heavy atom. The third-order valence-corrected chi connectivity index (χ3v) is 8.02. The van der Waals surface area contributed by atoms with Crippen LogP contribution in [0.2, 0.25) is 0 Å². The summed E-state index contributed by atoms with van der Waals surface area (Å²) in [5.41, 5.74) is -1.64. The van der Waals surface area contributed by atoms with Crippen LogP contribution in [0.1, 0.15) is 39.3 Å². The number of aromatic nitrogens is 2. The summed E-state index contributed by atoms with van der Waals surface area (Å²) in [5, 5.41) is 12.2. The van der Waals surface area contributed by atoms with Crippen molar-refractivity contribution in [3.05, 3.63) is 58.8 Å². The van der Waals surface area contributed by atoms with Crippen LogP contribution in [-0.4, -0.2) is 52.2 Å². The molecule has 2 aromatic heterocycles. The van der Waals surface area contributed by atoms with Crippen LogP contribution in [0.15, 0.2) is 58.0 Å². The first-order valence-corrected chi connectivity index (χ1v) is 12.8. The molecule has 1 aromatic carbocycles. The summed E-state index contributed by atoms with van der Waals surface area (Å²) in [5.74, 6) is 0. The molecule has 1 N–H and O–H groups in total. The van der Waals surface area contributed by atoms with Gasteiger partial charge in [-0.25, -0.2) is 22.2 Å². The Morgan fingerprint density at radius 2 is 1.79 bits per heavy atom. The first kappa shape index (κ1) is 23.7. The highest BCUT2D eigenvalue weighted by atomic mass is 79.9. The number of amides is 1. The number of hydrogen-bond acceptors (Lipinski definition) is 6. The Balaban J connectivity index is 1.77. The van der Waals surface area contributed by atoms with Crippen LogP contribution in [-0.2, 0) is 20.4 Å². The maximum Gasteiger partial charge on any atom is 0.410 e. The lowest BCUT2D eigenvalue weighted by molar-refractivity contribution is -0.0384. The summed E-state index contributed by atoms with van der Waals surface area (Å²) in [6, 6.07) is 11.4. The van der Waals surface area contributed by atoms with Crippen molar-refractivity contribution in [2.45, 2.75) is 49.7 Å². The predicted octanol–water partition coefficient (Wildman–Crippen LogP) is 4.25. The van der Waals surface area contributed by atoms with E-state index in [4.69, 9.17) is 4.74 Å². The minimum absolute atomic E-state index is 0.0975. The second kappa shape index (κ2) is 8.41. The van der Waals surface area contributed by atoms with Gasteiger partial charge in [0.05, 0.1) is 10.6 Å². The molecule has 3 aromatic rings. The van der Waals surface area contributed by atoms with Crippen molar-refractivity contribution in [3.63, 3.8) is 0 Å². The van der Waals surface area contributed by atoms with Crippen molar-refractivity contribution in [3.8, 4) is 0 Å². The van der Waals surface area contributed by atoms with Crippen molar-refractivity contribution in [2.24, 2.45) is 0 Å². The molecule has 0 bridgehead atoms. The number of halogens is 1. The second-order valence-corrected chi connectivity index (χ2v) is 11.8. The zero-order valence-corrected chi connectivity index (χ0v) is 21.1. The number of nitrogens with zero attached hydrogens (tertiary/aromatic N) is 3. The molecule has 0 atom stereocenters. The highest BCUT2D eigenvalue weighted by Crippen LogP contribution is 2.39. The largest absolute Gasteiger partial charge is 0.444 e. The van der Waals surface area contributed by atoms with Gasteiger partial charge in [0.1, 0.15) is 11.2 Å². The van der Waals surface area contributed by atoms with Crippen LogP contribution in [0, 0.1) is 0 Å². The van der Waals surface area contributed by atoms with Crippen LogP contribution in [0.25, 0.3) is 11.0 Å². The topological polar surface area (TPSA) is 102 Å². The summed E-state index contributed by atoms with van der Waals surface area (Å²) in [6.45, 7) is 5.84. The third-order valence-electron chi connectivity index (χ3n) is 5.61. The quantitative estimate of drug-likeness (QED) is 0.537. The second-order valence-electron chi connectivity index (χ2n) is 9.14. The molecule has 1 aliphatic heterocycles. The van der Waals surface area contributed by atoms with E-state index in [1.807, 2.05) is 0 Å². The van der Waals surface area contributed by atoms with Gasteiger partial charge in [0, 0.05) is 29.1 Å². The molecule has 0 unspecified atom stereocenters. The number of rotatable bonds is 3. The number of fused-ring (bicyclic) bond motifs is 1. The lowest BCUT2D eigenvalue weighted by Crippen LogP contribution is -2.47. The van der Waals surface area contributed by atoms with Gasteiger partial charge in [-0.3, -0.25) is 0 Å². The fraction of sp³-hybridized carbons (Fsp3) is 0.391. The minimum atomic E-state index is -4.04. The Morgan fingerprint density at radius 1 is 1.15 bits per heavy atom. The molecule has 0 spiro atoms. The molecule has 8 nitrogen and oxygen atoms in total. The normalized spacial score (nSPS) is 16.7. The highest BCUT2D eigenvalue weighted by Gasteiger charge is 2.41. The van der Waals surface area contributed by atoms with E-state index in [1.165, 1.54) is 23.2 Å². The average molecular weight is 536 g/mol. The number of carbonyl (C=O) groups excluding carboxylic acids is 1. The molecular weight excluding hydrogens is 510 g/mol. The van der Waals surface area contributed by atoms with Gasteiger partial charge >= 0.3 is 6.09 Å². The SMILES string of the molecule is CC(C)(C)OC(=O)N1CCC(O)(c2cc3c(Br)ccnc3n2S(=O)(=O)c2ccccc2)CC1. The monoisotopic (exact) mass is 535 g/mol. The molecule has 1 fully saturated rings. The maximum absolute atomic E-state index is 13.7. The van der Waals surface area contributed by atoms with Crippen molar-refractivity contribution in [1.82, 2.24) is 13.9 Å². The van der Waals surface area contributed by atoms with Gasteiger partial charge in [-0.15, -0.1) is 0 Å². The lowest BCUT2D eigenvalue weighted by atomic mass is 9.88. The summed E-state index contributed by atoms with van der Waals surface area (Å²) in [6.07, 6.45) is 1.38. The summed E-state index contributed by atoms with van der Waals surface area (Å²) < 4.78 is 34.6. The number of ether oxygens (including phenoxy) is 1. The smallest absolute Gasteiger partial charge is 0.410 e. The molecule has 0 saturated carbocycles. The summed E-state index contributed by atoms with van der Waals surface area (Å²) in [4.78, 5) is 18.4. The van der Waals surface area contributed by atoms with Gasteiger partial charge in [-0.2, -0.15) is 0 Å². The number of pyridine rings is 1.